The number of nitrogen functional groups attached to an aromatic ring is 1. The van der Waals surface area contributed by atoms with Crippen molar-refractivity contribution in [2.45, 2.75) is 96.2 Å². The van der Waals surface area contributed by atoms with Gasteiger partial charge in [-0.25, -0.2) is 4.79 Å². The van der Waals surface area contributed by atoms with Crippen molar-refractivity contribution >= 4 is 40.8 Å². The van der Waals surface area contributed by atoms with Gasteiger partial charge in [-0.1, -0.05) is 44.7 Å². The number of carbonyl (C=O) groups is 4. The number of aliphatic hydroxyl groups excluding tert-OH is 1. The molecule has 0 unspecified atom stereocenters. The van der Waals surface area contributed by atoms with Gasteiger partial charge >= 0.3 is 6.03 Å². The Morgan fingerprint density at radius 1 is 1.02 bits per heavy atom. The molecular formula is C36H52N6O6. The minimum Gasteiger partial charge on any atom is -0.487 e. The minimum absolute atomic E-state index is 0.124. The van der Waals surface area contributed by atoms with Crippen molar-refractivity contribution in [1.29, 1.82) is 0 Å². The number of amides is 5. The fourth-order valence-corrected chi connectivity index (χ4v) is 6.20. The second-order valence-electron chi connectivity index (χ2n) is 13.2. The molecule has 0 aromatic heterocycles. The number of fused-ring (bicyclic) bond motifs is 1. The molecule has 1 aliphatic carbocycles. The topological polar surface area (TPSA) is 166 Å². The number of aliphatic hydroxyl groups is 1. The van der Waals surface area contributed by atoms with E-state index in [1.54, 1.807) is 60.2 Å². The number of ether oxygens (including phenoxy) is 1. The Kier molecular flexibility index (Phi) is 13.5. The maximum absolute atomic E-state index is 13.8. The van der Waals surface area contributed by atoms with Gasteiger partial charge in [-0.15, -0.1) is 0 Å². The molecule has 2 aliphatic rings. The molecule has 12 heteroatoms. The molecule has 0 bridgehead atoms. The molecule has 2 aromatic rings. The van der Waals surface area contributed by atoms with E-state index in [-0.39, 0.29) is 54.3 Å². The van der Waals surface area contributed by atoms with Gasteiger partial charge in [0.1, 0.15) is 11.9 Å². The van der Waals surface area contributed by atoms with Crippen LogP contribution in [0.1, 0.15) is 88.4 Å². The number of likely N-dealkylation sites (N-methyl/N-ethyl adjacent to an activating group) is 1. The molecule has 12 nitrogen and oxygen atoms in total. The van der Waals surface area contributed by atoms with Crippen LogP contribution >= 0.6 is 0 Å². The fourth-order valence-electron chi connectivity index (χ4n) is 6.20. The first-order chi connectivity index (χ1) is 23.0. The SMILES string of the molecule is C[C@@H]1CN([C@H](C)CO)C(=O)c2cc(NC(=O)CCCCCC(=O)Nc3ccccc3N)ccc2O[C@H]1CN(C)C(=O)NC1CCCCC1. The van der Waals surface area contributed by atoms with Crippen molar-refractivity contribution in [2.75, 3.05) is 43.1 Å². The first kappa shape index (κ1) is 36.5. The standard InChI is InChI=1S/C36H52N6O6/c1-24-21-42(25(2)23-43)35(46)28-20-27(38-33(44)16-8-5-9-17-34(45)40-30-15-11-10-14-29(30)37)18-19-31(28)48-32(24)22-41(3)36(47)39-26-12-6-4-7-13-26/h10-11,14-15,18-20,24-26,32,43H,4-9,12-13,16-17,21-23,37H2,1-3H3,(H,38,44)(H,39,47)(H,40,45)/t24-,25-,32+/m1/s1. The lowest BCUT2D eigenvalue weighted by molar-refractivity contribution is -0.116. The molecule has 2 aromatic carbocycles. The number of benzene rings is 2. The lowest BCUT2D eigenvalue weighted by Gasteiger charge is -2.38. The van der Waals surface area contributed by atoms with E-state index >= 15 is 0 Å². The summed E-state index contributed by atoms with van der Waals surface area (Å²) in [5.74, 6) is -0.398. The van der Waals surface area contributed by atoms with Gasteiger partial charge in [0.25, 0.3) is 5.91 Å². The molecule has 1 aliphatic heterocycles. The van der Waals surface area contributed by atoms with Crippen LogP contribution in [0.3, 0.4) is 0 Å². The number of rotatable bonds is 13. The van der Waals surface area contributed by atoms with E-state index in [0.717, 1.165) is 25.7 Å². The molecule has 4 rings (SSSR count). The van der Waals surface area contributed by atoms with Gasteiger partial charge in [0.15, 0.2) is 0 Å². The van der Waals surface area contributed by atoms with Gasteiger partial charge in [0.2, 0.25) is 11.8 Å². The van der Waals surface area contributed by atoms with Crippen LogP contribution in [0.15, 0.2) is 42.5 Å². The van der Waals surface area contributed by atoms with Gasteiger partial charge in [0, 0.05) is 44.1 Å². The van der Waals surface area contributed by atoms with E-state index in [9.17, 15) is 24.3 Å². The summed E-state index contributed by atoms with van der Waals surface area (Å²) < 4.78 is 6.42. The highest BCUT2D eigenvalue weighted by Gasteiger charge is 2.34. The first-order valence-electron chi connectivity index (χ1n) is 17.2. The van der Waals surface area contributed by atoms with Gasteiger partial charge < -0.3 is 41.3 Å². The van der Waals surface area contributed by atoms with Crippen LogP contribution in [0, 0.1) is 5.92 Å². The van der Waals surface area contributed by atoms with Crippen LogP contribution in [0.2, 0.25) is 0 Å². The highest BCUT2D eigenvalue weighted by molar-refractivity contribution is 6.00. The van der Waals surface area contributed by atoms with E-state index in [1.807, 2.05) is 13.0 Å². The van der Waals surface area contributed by atoms with Crippen molar-refractivity contribution in [3.8, 4) is 5.75 Å². The number of hydrogen-bond acceptors (Lipinski definition) is 7. The molecule has 1 heterocycles. The summed E-state index contributed by atoms with van der Waals surface area (Å²) in [7, 11) is 1.75. The van der Waals surface area contributed by atoms with E-state index in [4.69, 9.17) is 10.5 Å². The lowest BCUT2D eigenvalue weighted by atomic mass is 9.96. The van der Waals surface area contributed by atoms with Crippen LogP contribution in [0.25, 0.3) is 0 Å². The Bertz CT molecular complexity index is 1410. The molecular weight excluding hydrogens is 612 g/mol. The largest absolute Gasteiger partial charge is 0.487 e. The number of carbonyl (C=O) groups excluding carboxylic acids is 4. The molecule has 0 spiro atoms. The zero-order valence-corrected chi connectivity index (χ0v) is 28.5. The maximum Gasteiger partial charge on any atom is 0.317 e. The summed E-state index contributed by atoms with van der Waals surface area (Å²) in [6.45, 7) is 4.21. The zero-order chi connectivity index (χ0) is 34.6. The molecule has 0 radical (unpaired) electrons. The van der Waals surface area contributed by atoms with Crippen molar-refractivity contribution in [2.24, 2.45) is 5.92 Å². The van der Waals surface area contributed by atoms with Crippen molar-refractivity contribution < 1.29 is 29.0 Å². The number of hydrogen-bond donors (Lipinski definition) is 5. The second kappa shape index (κ2) is 17.7. The van der Waals surface area contributed by atoms with Crippen molar-refractivity contribution in [3.63, 3.8) is 0 Å². The summed E-state index contributed by atoms with van der Waals surface area (Å²) in [6.07, 6.45) is 7.52. The second-order valence-corrected chi connectivity index (χ2v) is 13.2. The Morgan fingerprint density at radius 3 is 2.40 bits per heavy atom. The number of anilines is 3. The highest BCUT2D eigenvalue weighted by atomic mass is 16.5. The molecule has 5 amide bonds. The third kappa shape index (κ3) is 10.3. The third-order valence-electron chi connectivity index (χ3n) is 9.22. The molecule has 3 atom stereocenters. The van der Waals surface area contributed by atoms with Crippen LogP contribution in [0.4, 0.5) is 21.9 Å². The van der Waals surface area contributed by atoms with E-state index < -0.39 is 12.1 Å². The molecule has 262 valence electrons. The van der Waals surface area contributed by atoms with E-state index in [0.29, 0.717) is 61.6 Å². The maximum atomic E-state index is 13.8. The molecule has 48 heavy (non-hydrogen) atoms. The number of nitrogens with two attached hydrogens (primary N) is 1. The average molecular weight is 665 g/mol. The average Bonchev–Trinajstić information content (AvgIpc) is 3.07. The normalized spacial score (nSPS) is 18.8. The van der Waals surface area contributed by atoms with Crippen LogP contribution in [-0.4, -0.2) is 83.6 Å². The molecule has 0 saturated heterocycles. The van der Waals surface area contributed by atoms with E-state index in [1.165, 1.54) is 6.42 Å². The van der Waals surface area contributed by atoms with E-state index in [2.05, 4.69) is 16.0 Å². The van der Waals surface area contributed by atoms with Crippen LogP contribution < -0.4 is 26.4 Å². The Morgan fingerprint density at radius 2 is 1.71 bits per heavy atom. The number of urea groups is 1. The summed E-state index contributed by atoms with van der Waals surface area (Å²) in [5, 5.41) is 18.8. The number of unbranched alkanes of at least 4 members (excludes halogenated alkanes) is 2. The zero-order valence-electron chi connectivity index (χ0n) is 28.5. The summed E-state index contributed by atoms with van der Waals surface area (Å²) in [4.78, 5) is 55.1. The monoisotopic (exact) mass is 664 g/mol. The number of nitrogens with zero attached hydrogens (tertiary/aromatic N) is 2. The quantitative estimate of drug-likeness (QED) is 0.149. The fraction of sp³-hybridized carbons (Fsp3) is 0.556. The number of nitrogens with one attached hydrogen (secondary N) is 3. The first-order valence-corrected chi connectivity index (χ1v) is 17.2. The Hall–Kier alpha value is -4.32. The highest BCUT2D eigenvalue weighted by Crippen LogP contribution is 2.31. The smallest absolute Gasteiger partial charge is 0.317 e. The van der Waals surface area contributed by atoms with Crippen LogP contribution in [0.5, 0.6) is 5.75 Å². The number of para-hydroxylation sites is 2. The Balaban J connectivity index is 1.34. The van der Waals surface area contributed by atoms with Gasteiger partial charge in [-0.3, -0.25) is 14.4 Å². The summed E-state index contributed by atoms with van der Waals surface area (Å²) in [5.41, 5.74) is 7.72. The predicted octanol–water partition coefficient (Wildman–Crippen LogP) is 4.99. The molecule has 1 saturated carbocycles. The van der Waals surface area contributed by atoms with Crippen molar-refractivity contribution in [1.82, 2.24) is 15.1 Å². The molecule has 6 N–H and O–H groups in total. The summed E-state index contributed by atoms with van der Waals surface area (Å²) >= 11 is 0. The predicted molar refractivity (Wildman–Crippen MR) is 187 cm³/mol. The third-order valence-corrected chi connectivity index (χ3v) is 9.22. The van der Waals surface area contributed by atoms with Gasteiger partial charge in [-0.2, -0.15) is 0 Å². The summed E-state index contributed by atoms with van der Waals surface area (Å²) in [6, 6.07) is 11.7. The van der Waals surface area contributed by atoms with Crippen LogP contribution in [-0.2, 0) is 9.59 Å². The minimum atomic E-state index is -0.441. The lowest BCUT2D eigenvalue weighted by Crippen LogP contribution is -2.52. The van der Waals surface area contributed by atoms with Crippen molar-refractivity contribution in [3.05, 3.63) is 48.0 Å². The van der Waals surface area contributed by atoms with Gasteiger partial charge in [-0.05, 0) is 62.9 Å². The van der Waals surface area contributed by atoms with Gasteiger partial charge in [0.05, 0.1) is 36.1 Å². The molecule has 1 fully saturated rings. The Labute approximate surface area is 283 Å².